The first-order chi connectivity index (χ1) is 15.9. The third-order valence-corrected chi connectivity index (χ3v) is 5.49. The largest absolute Gasteiger partial charge is 0.389 e. The van der Waals surface area contributed by atoms with Crippen molar-refractivity contribution in [2.24, 2.45) is 0 Å². The van der Waals surface area contributed by atoms with Crippen molar-refractivity contribution in [2.45, 2.75) is 18.9 Å². The van der Waals surface area contributed by atoms with Gasteiger partial charge >= 0.3 is 0 Å². The summed E-state index contributed by atoms with van der Waals surface area (Å²) in [6, 6.07) is 10.7. The van der Waals surface area contributed by atoms with Gasteiger partial charge in [-0.2, -0.15) is 0 Å². The molecular formula is C24H21F4N3O2. The van der Waals surface area contributed by atoms with Crippen LogP contribution in [0.2, 0.25) is 0 Å². The highest BCUT2D eigenvalue weighted by Gasteiger charge is 2.26. The highest BCUT2D eigenvalue weighted by atomic mass is 19.2. The van der Waals surface area contributed by atoms with Gasteiger partial charge in [0.25, 0.3) is 5.91 Å². The topological polar surface area (TPSA) is 65.5 Å². The number of rotatable bonds is 7. The van der Waals surface area contributed by atoms with Crippen molar-refractivity contribution in [3.8, 4) is 0 Å². The van der Waals surface area contributed by atoms with Gasteiger partial charge in [-0.3, -0.25) is 4.79 Å². The molecule has 33 heavy (non-hydrogen) atoms. The fourth-order valence-corrected chi connectivity index (χ4v) is 3.91. The first-order valence-corrected chi connectivity index (χ1v) is 10.4. The number of alkyl halides is 1. The van der Waals surface area contributed by atoms with Gasteiger partial charge in [-0.15, -0.1) is 0 Å². The molecular weight excluding hydrogens is 438 g/mol. The summed E-state index contributed by atoms with van der Waals surface area (Å²) in [5.74, 6) is -3.78. The van der Waals surface area contributed by atoms with Gasteiger partial charge in [-0.05, 0) is 65.9 Å². The Labute approximate surface area is 187 Å². The molecule has 2 heterocycles. The highest BCUT2D eigenvalue weighted by molar-refractivity contribution is 5.98. The number of aliphatic hydroxyl groups is 1. The molecule has 0 saturated heterocycles. The molecule has 0 aliphatic carbocycles. The van der Waals surface area contributed by atoms with Gasteiger partial charge in [-0.25, -0.2) is 22.5 Å². The van der Waals surface area contributed by atoms with Crippen LogP contribution in [0.1, 0.15) is 27.0 Å². The van der Waals surface area contributed by atoms with E-state index in [9.17, 15) is 27.5 Å². The number of hydrogen-bond acceptors (Lipinski definition) is 4. The monoisotopic (exact) mass is 459 g/mol. The molecule has 172 valence electrons. The van der Waals surface area contributed by atoms with E-state index in [2.05, 4.69) is 10.3 Å². The summed E-state index contributed by atoms with van der Waals surface area (Å²) in [5.41, 5.74) is 3.05. The minimum Gasteiger partial charge on any atom is -0.389 e. The standard InChI is InChI=1S/C24H21F4N3O2/c25-12-16(32)13-30-24(33)18-2-1-3-21-17(18)5-7-31(21)22-11-14(4-6-29-22)8-15-9-19(26)23(28)20(27)10-15/h1-4,6,9-11,16,32H,5,7-8,12-13H2,(H,30,33). The van der Waals surface area contributed by atoms with Crippen LogP contribution in [0.3, 0.4) is 0 Å². The van der Waals surface area contributed by atoms with Crippen LogP contribution in [0.4, 0.5) is 29.1 Å². The third kappa shape index (κ3) is 4.83. The molecule has 1 aliphatic rings. The summed E-state index contributed by atoms with van der Waals surface area (Å²) in [4.78, 5) is 18.9. The molecule has 0 radical (unpaired) electrons. The second-order valence-electron chi connectivity index (χ2n) is 7.80. The van der Waals surface area contributed by atoms with Crippen molar-refractivity contribution in [2.75, 3.05) is 24.7 Å². The second-order valence-corrected chi connectivity index (χ2v) is 7.80. The van der Waals surface area contributed by atoms with Gasteiger partial charge in [0.05, 0.1) is 6.10 Å². The predicted molar refractivity (Wildman–Crippen MR) is 115 cm³/mol. The number of benzene rings is 2. The molecule has 9 heteroatoms. The minimum atomic E-state index is -1.50. The van der Waals surface area contributed by atoms with Crippen molar-refractivity contribution in [3.63, 3.8) is 0 Å². The number of aliphatic hydroxyl groups excluding tert-OH is 1. The first kappa shape index (κ1) is 22.7. The number of hydrogen-bond donors (Lipinski definition) is 2. The van der Waals surface area contributed by atoms with E-state index in [0.717, 1.165) is 28.9 Å². The van der Waals surface area contributed by atoms with Crippen LogP contribution in [0.5, 0.6) is 0 Å². The third-order valence-electron chi connectivity index (χ3n) is 5.49. The van der Waals surface area contributed by atoms with Crippen molar-refractivity contribution >= 4 is 17.4 Å². The van der Waals surface area contributed by atoms with Gasteiger partial charge in [0.1, 0.15) is 12.5 Å². The average molecular weight is 459 g/mol. The van der Waals surface area contributed by atoms with Crippen LogP contribution in [-0.2, 0) is 12.8 Å². The number of carbonyl (C=O) groups excluding carboxylic acids is 1. The van der Waals surface area contributed by atoms with E-state index in [1.807, 2.05) is 11.0 Å². The van der Waals surface area contributed by atoms with E-state index < -0.39 is 36.1 Å². The van der Waals surface area contributed by atoms with Gasteiger partial charge in [0.15, 0.2) is 17.5 Å². The molecule has 4 rings (SSSR count). The Morgan fingerprint density at radius 3 is 2.61 bits per heavy atom. The van der Waals surface area contributed by atoms with Crippen LogP contribution in [-0.4, -0.2) is 41.9 Å². The summed E-state index contributed by atoms with van der Waals surface area (Å²) >= 11 is 0. The van der Waals surface area contributed by atoms with Crippen LogP contribution < -0.4 is 10.2 Å². The number of carbonyl (C=O) groups is 1. The Morgan fingerprint density at radius 1 is 1.12 bits per heavy atom. The molecule has 1 aliphatic heterocycles. The summed E-state index contributed by atoms with van der Waals surface area (Å²) in [6.07, 6.45) is 1.08. The zero-order valence-corrected chi connectivity index (χ0v) is 17.5. The molecule has 2 aromatic carbocycles. The van der Waals surface area contributed by atoms with Crippen molar-refractivity contribution in [1.29, 1.82) is 0 Å². The van der Waals surface area contributed by atoms with Gasteiger partial charge in [0, 0.05) is 30.5 Å². The minimum absolute atomic E-state index is 0.184. The number of halogens is 4. The van der Waals surface area contributed by atoms with Gasteiger partial charge in [0.2, 0.25) is 0 Å². The van der Waals surface area contributed by atoms with E-state index in [0.29, 0.717) is 29.9 Å². The number of amides is 1. The fraction of sp³-hybridized carbons (Fsp3) is 0.250. The van der Waals surface area contributed by atoms with E-state index >= 15 is 0 Å². The Morgan fingerprint density at radius 2 is 1.88 bits per heavy atom. The van der Waals surface area contributed by atoms with Gasteiger partial charge in [-0.1, -0.05) is 6.07 Å². The van der Waals surface area contributed by atoms with Crippen molar-refractivity contribution < 1.29 is 27.5 Å². The van der Waals surface area contributed by atoms with Crippen molar-refractivity contribution in [3.05, 3.63) is 88.4 Å². The molecule has 1 atom stereocenters. The fourth-order valence-electron chi connectivity index (χ4n) is 3.91. The van der Waals surface area contributed by atoms with Gasteiger partial charge < -0.3 is 15.3 Å². The van der Waals surface area contributed by atoms with Crippen LogP contribution in [0.15, 0.2) is 48.7 Å². The lowest BCUT2D eigenvalue weighted by Crippen LogP contribution is -2.33. The maximum absolute atomic E-state index is 13.6. The van der Waals surface area contributed by atoms with E-state index in [1.54, 1.807) is 30.5 Å². The maximum atomic E-state index is 13.6. The molecule has 0 saturated carbocycles. The summed E-state index contributed by atoms with van der Waals surface area (Å²) in [7, 11) is 0. The lowest BCUT2D eigenvalue weighted by molar-refractivity contribution is 0.0894. The molecule has 1 amide bonds. The van der Waals surface area contributed by atoms with Crippen molar-refractivity contribution in [1.82, 2.24) is 10.3 Å². The number of aromatic nitrogens is 1. The van der Waals surface area contributed by atoms with Crippen LogP contribution in [0, 0.1) is 17.5 Å². The molecule has 0 spiro atoms. The zero-order chi connectivity index (χ0) is 23.5. The molecule has 2 N–H and O–H groups in total. The Balaban J connectivity index is 1.56. The molecule has 0 bridgehead atoms. The zero-order valence-electron chi connectivity index (χ0n) is 17.5. The molecule has 0 fully saturated rings. The first-order valence-electron chi connectivity index (χ1n) is 10.4. The van der Waals surface area contributed by atoms with Crippen LogP contribution in [0.25, 0.3) is 0 Å². The van der Waals surface area contributed by atoms with E-state index in [1.165, 1.54) is 0 Å². The predicted octanol–water partition coefficient (Wildman–Crippen LogP) is 3.84. The van der Waals surface area contributed by atoms with E-state index in [4.69, 9.17) is 0 Å². The highest BCUT2D eigenvalue weighted by Crippen LogP contribution is 2.36. The Bertz CT molecular complexity index is 1170. The molecule has 1 unspecified atom stereocenters. The lowest BCUT2D eigenvalue weighted by atomic mass is 10.0. The average Bonchev–Trinajstić information content (AvgIpc) is 3.25. The maximum Gasteiger partial charge on any atom is 0.251 e. The Hall–Kier alpha value is -3.46. The van der Waals surface area contributed by atoms with E-state index in [-0.39, 0.29) is 13.0 Å². The number of anilines is 2. The van der Waals surface area contributed by atoms with Crippen LogP contribution >= 0.6 is 0 Å². The second kappa shape index (κ2) is 9.58. The molecule has 1 aromatic heterocycles. The number of nitrogens with zero attached hydrogens (tertiary/aromatic N) is 2. The summed E-state index contributed by atoms with van der Waals surface area (Å²) in [6.45, 7) is -0.569. The number of fused-ring (bicyclic) bond motifs is 1. The molecule has 5 nitrogen and oxygen atoms in total. The summed E-state index contributed by atoms with van der Waals surface area (Å²) < 4.78 is 52.8. The quantitative estimate of drug-likeness (QED) is 0.416. The smallest absolute Gasteiger partial charge is 0.251 e. The summed E-state index contributed by atoms with van der Waals surface area (Å²) in [5, 5.41) is 11.9. The SMILES string of the molecule is O=C(NCC(O)CF)c1cccc2c1CCN2c1cc(Cc2cc(F)c(F)c(F)c2)ccn1. The molecule has 3 aromatic rings. The Kier molecular flexibility index (Phi) is 6.60. The number of nitrogens with one attached hydrogen (secondary N) is 1. The normalized spacial score (nSPS) is 13.7. The lowest BCUT2D eigenvalue weighted by Gasteiger charge is -2.19. The number of pyridine rings is 1.